The van der Waals surface area contributed by atoms with Crippen LogP contribution in [-0.4, -0.2) is 19.9 Å². The summed E-state index contributed by atoms with van der Waals surface area (Å²) in [7, 11) is 0. The van der Waals surface area contributed by atoms with Gasteiger partial charge in [0.05, 0.1) is 73.5 Å². The van der Waals surface area contributed by atoms with Crippen molar-refractivity contribution in [1.29, 1.82) is 10.5 Å². The molecule has 0 saturated carbocycles. The predicted molar refractivity (Wildman–Crippen MR) is 282 cm³/mol. The number of nitrogens with zero attached hydrogens (tertiary/aromatic N) is 6. The average Bonchev–Trinajstić information content (AvgIpc) is 3.44. The lowest BCUT2D eigenvalue weighted by Crippen LogP contribution is -2.40. The van der Waals surface area contributed by atoms with Crippen LogP contribution in [0.4, 0.5) is 0 Å². The molecule has 1 aliphatic heterocycles. The van der Waals surface area contributed by atoms with E-state index >= 15 is 0 Å². The van der Waals surface area contributed by atoms with Gasteiger partial charge in [0.25, 0.3) is 0 Å². The summed E-state index contributed by atoms with van der Waals surface area (Å²) in [6.07, 6.45) is 9.93. The van der Waals surface area contributed by atoms with E-state index in [9.17, 15) is 10.5 Å². The Hall–Kier alpha value is -9.01. The molecule has 13 rings (SSSR count). The standard InChI is InChI=1S/C63H38N6S/c64-37-39-11-15-41(16-12-39)53-29-23-43-19-21-45-25-31-55(68-61(45)59(43)66-53)47-27-33-57-51(35-47)63(49-7-3-1-4-8-49,50-9-5-2-6-10-50)52-36-48(28-34-58(52)70-57)56-32-26-46-22-20-44-24-30-54(67-60(44)62(46)69-56)42-17-13-40(38-65)14-18-42/h1-9,11-36,50H,10H2. The zero-order chi connectivity index (χ0) is 46.8. The highest BCUT2D eigenvalue weighted by Gasteiger charge is 2.48. The molecule has 11 aromatic rings. The molecule has 6 nitrogen and oxygen atoms in total. The first-order valence-corrected chi connectivity index (χ1v) is 24.1. The van der Waals surface area contributed by atoms with Crippen molar-refractivity contribution in [2.75, 3.05) is 0 Å². The molecule has 5 heterocycles. The summed E-state index contributed by atoms with van der Waals surface area (Å²) >= 11 is 1.83. The van der Waals surface area contributed by atoms with E-state index in [1.807, 2.05) is 72.4 Å². The highest BCUT2D eigenvalue weighted by Crippen LogP contribution is 2.58. The lowest BCUT2D eigenvalue weighted by Gasteiger charge is -2.46. The SMILES string of the molecule is N#Cc1ccc(-c2ccc3ccc4ccc(-c5ccc6c(c5)C(c5ccccc5)(C5C=CC=CC5)c5cc(-c7ccc8ccc9ccc(-c%10ccc(C#N)cc%10)nc9c8n7)ccc5S6)nc4c3n2)cc1. The smallest absolute Gasteiger partial charge is 0.0991 e. The van der Waals surface area contributed by atoms with E-state index in [1.165, 1.54) is 26.5 Å². The van der Waals surface area contributed by atoms with Crippen molar-refractivity contribution in [3.8, 4) is 57.2 Å². The van der Waals surface area contributed by atoms with Crippen molar-refractivity contribution in [3.63, 3.8) is 0 Å². The number of pyridine rings is 4. The van der Waals surface area contributed by atoms with Crippen LogP contribution in [0, 0.1) is 28.6 Å². The Morgan fingerprint density at radius 3 is 1.23 bits per heavy atom. The maximum Gasteiger partial charge on any atom is 0.0991 e. The summed E-state index contributed by atoms with van der Waals surface area (Å²) in [4.78, 5) is 23.7. The molecule has 1 aliphatic carbocycles. The molecular weight excluding hydrogens is 873 g/mol. The fourth-order valence-corrected chi connectivity index (χ4v) is 11.7. The quantitative estimate of drug-likeness (QED) is 0.153. The van der Waals surface area contributed by atoms with Crippen LogP contribution >= 0.6 is 11.8 Å². The minimum Gasteiger partial charge on any atom is -0.245 e. The Labute approximate surface area is 408 Å². The van der Waals surface area contributed by atoms with E-state index in [0.717, 1.165) is 95.1 Å². The van der Waals surface area contributed by atoms with E-state index in [4.69, 9.17) is 19.9 Å². The Morgan fingerprint density at radius 2 is 0.829 bits per heavy atom. The van der Waals surface area contributed by atoms with Crippen molar-refractivity contribution in [2.45, 2.75) is 21.6 Å². The van der Waals surface area contributed by atoms with Crippen LogP contribution in [0.2, 0.25) is 0 Å². The van der Waals surface area contributed by atoms with Gasteiger partial charge in [0.15, 0.2) is 0 Å². The molecule has 2 aliphatic rings. The molecule has 7 heteroatoms. The minimum absolute atomic E-state index is 0.0977. The number of hydrogen-bond acceptors (Lipinski definition) is 7. The Morgan fingerprint density at radius 1 is 0.429 bits per heavy atom. The van der Waals surface area contributed by atoms with Crippen molar-refractivity contribution < 1.29 is 0 Å². The second-order valence-electron chi connectivity index (χ2n) is 17.9. The second-order valence-corrected chi connectivity index (χ2v) is 19.0. The van der Waals surface area contributed by atoms with Gasteiger partial charge in [-0.1, -0.05) is 151 Å². The minimum atomic E-state index is -0.577. The van der Waals surface area contributed by atoms with Gasteiger partial charge >= 0.3 is 0 Å². The molecule has 0 spiro atoms. The van der Waals surface area contributed by atoms with Crippen LogP contribution < -0.4 is 0 Å². The Bertz CT molecular complexity index is 3860. The third-order valence-corrected chi connectivity index (χ3v) is 15.2. The van der Waals surface area contributed by atoms with Crippen molar-refractivity contribution in [2.24, 2.45) is 5.92 Å². The predicted octanol–water partition coefficient (Wildman–Crippen LogP) is 15.2. The van der Waals surface area contributed by atoms with Gasteiger partial charge in [0.2, 0.25) is 0 Å². The van der Waals surface area contributed by atoms with Gasteiger partial charge in [-0.15, -0.1) is 0 Å². The third-order valence-electron chi connectivity index (χ3n) is 14.0. The zero-order valence-electron chi connectivity index (χ0n) is 37.6. The maximum absolute atomic E-state index is 9.40. The van der Waals surface area contributed by atoms with Crippen LogP contribution in [0.3, 0.4) is 0 Å². The first-order valence-electron chi connectivity index (χ1n) is 23.3. The van der Waals surface area contributed by atoms with Crippen LogP contribution in [0.15, 0.2) is 222 Å². The summed E-state index contributed by atoms with van der Waals surface area (Å²) in [5.74, 6) is 0.0977. The Balaban J connectivity index is 0.974. The second kappa shape index (κ2) is 16.6. The highest BCUT2D eigenvalue weighted by molar-refractivity contribution is 7.99. The molecule has 0 fully saturated rings. The molecule has 326 valence electrons. The number of aromatic nitrogens is 4. The van der Waals surface area contributed by atoms with Crippen LogP contribution in [-0.2, 0) is 5.41 Å². The fraction of sp³-hybridized carbons (Fsp3) is 0.0476. The van der Waals surface area contributed by atoms with Crippen LogP contribution in [0.5, 0.6) is 0 Å². The Kier molecular flexibility index (Phi) is 9.80. The molecule has 0 N–H and O–H groups in total. The van der Waals surface area contributed by atoms with Gasteiger partial charge in [-0.3, -0.25) is 0 Å². The van der Waals surface area contributed by atoms with Gasteiger partial charge in [0, 0.05) is 53.6 Å². The monoisotopic (exact) mass is 910 g/mol. The van der Waals surface area contributed by atoms with Gasteiger partial charge in [-0.2, -0.15) is 10.5 Å². The molecule has 4 aromatic heterocycles. The molecule has 7 aromatic carbocycles. The van der Waals surface area contributed by atoms with Crippen molar-refractivity contribution in [1.82, 2.24) is 19.9 Å². The molecule has 0 bridgehead atoms. The molecule has 0 radical (unpaired) electrons. The first kappa shape index (κ1) is 41.2. The lowest BCUT2D eigenvalue weighted by molar-refractivity contribution is 0.433. The molecule has 1 unspecified atom stereocenters. The normalized spacial score (nSPS) is 14.6. The van der Waals surface area contributed by atoms with Gasteiger partial charge < -0.3 is 0 Å². The third kappa shape index (κ3) is 6.78. The fourth-order valence-electron chi connectivity index (χ4n) is 10.6. The largest absolute Gasteiger partial charge is 0.245 e. The maximum atomic E-state index is 9.40. The molecule has 0 amide bonds. The van der Waals surface area contributed by atoms with Gasteiger partial charge in [-0.05, 0) is 102 Å². The van der Waals surface area contributed by atoms with E-state index in [2.05, 4.69) is 164 Å². The molecular formula is C63H38N6S. The van der Waals surface area contributed by atoms with Crippen LogP contribution in [0.25, 0.3) is 88.6 Å². The number of nitriles is 2. The average molecular weight is 911 g/mol. The number of benzene rings is 7. The van der Waals surface area contributed by atoms with E-state index < -0.39 is 5.41 Å². The summed E-state index contributed by atoms with van der Waals surface area (Å²) in [6, 6.07) is 69.7. The number of rotatable bonds is 6. The molecule has 0 saturated heterocycles. The number of fused-ring (bicyclic) bond motifs is 8. The molecule has 1 atom stereocenters. The first-order chi connectivity index (χ1) is 34.5. The van der Waals surface area contributed by atoms with Crippen LogP contribution in [0.1, 0.15) is 34.2 Å². The van der Waals surface area contributed by atoms with Crippen molar-refractivity contribution >= 4 is 55.4 Å². The van der Waals surface area contributed by atoms with Crippen molar-refractivity contribution in [3.05, 3.63) is 240 Å². The molecule has 70 heavy (non-hydrogen) atoms. The highest BCUT2D eigenvalue weighted by atomic mass is 32.2. The van der Waals surface area contributed by atoms with E-state index in [1.54, 1.807) is 0 Å². The summed E-state index contributed by atoms with van der Waals surface area (Å²) in [5.41, 5.74) is 15.1. The van der Waals surface area contributed by atoms with Gasteiger partial charge in [0.1, 0.15) is 0 Å². The van der Waals surface area contributed by atoms with E-state index in [-0.39, 0.29) is 5.92 Å². The van der Waals surface area contributed by atoms with Gasteiger partial charge in [-0.25, -0.2) is 19.9 Å². The summed E-state index contributed by atoms with van der Waals surface area (Å²) < 4.78 is 0. The zero-order valence-corrected chi connectivity index (χ0v) is 38.4. The summed E-state index contributed by atoms with van der Waals surface area (Å²) in [6.45, 7) is 0. The van der Waals surface area contributed by atoms with E-state index in [0.29, 0.717) is 11.1 Å². The number of hydrogen-bond donors (Lipinski definition) is 0. The lowest BCUT2D eigenvalue weighted by atomic mass is 9.59. The topological polar surface area (TPSA) is 99.1 Å². The summed E-state index contributed by atoms with van der Waals surface area (Å²) in [5, 5.41) is 22.9. The number of allylic oxidation sites excluding steroid dienone is 4.